The number of hydrogen-bond acceptors (Lipinski definition) is 3. The molecule has 134 valence electrons. The van der Waals surface area contributed by atoms with Crippen LogP contribution in [0.5, 0.6) is 0 Å². The summed E-state index contributed by atoms with van der Waals surface area (Å²) >= 11 is 0. The average Bonchev–Trinajstić information content (AvgIpc) is 2.57. The predicted molar refractivity (Wildman–Crippen MR) is 103 cm³/mol. The normalized spacial score (nSPS) is 10.8. The molecule has 0 spiro atoms. The molecule has 0 aromatic heterocycles. The van der Waals surface area contributed by atoms with Crippen molar-refractivity contribution in [1.82, 2.24) is 0 Å². The van der Waals surface area contributed by atoms with Crippen LogP contribution in [0.4, 0.5) is 11.4 Å². The van der Waals surface area contributed by atoms with Gasteiger partial charge in [0.2, 0.25) is 11.8 Å². The monoisotopic (exact) mass is 349 g/mol. The number of carbonyl (C=O) groups excluding carboxylic acids is 2. The first-order valence-corrected chi connectivity index (χ1v) is 8.36. The fourth-order valence-corrected chi connectivity index (χ4v) is 2.70. The number of nitriles is 1. The van der Waals surface area contributed by atoms with Gasteiger partial charge < -0.3 is 10.6 Å². The Kier molecular flexibility index (Phi) is 5.47. The first kappa shape index (κ1) is 19.2. The van der Waals surface area contributed by atoms with E-state index in [9.17, 15) is 9.59 Å². The van der Waals surface area contributed by atoms with Crippen LogP contribution in [0.1, 0.15) is 36.1 Å². The zero-order chi connectivity index (χ0) is 19.5. The lowest BCUT2D eigenvalue weighted by Crippen LogP contribution is -2.41. The van der Waals surface area contributed by atoms with Crippen LogP contribution in [-0.4, -0.2) is 11.8 Å². The molecule has 0 aliphatic rings. The van der Waals surface area contributed by atoms with Gasteiger partial charge in [0.25, 0.3) is 0 Å². The zero-order valence-electron chi connectivity index (χ0n) is 15.7. The van der Waals surface area contributed by atoms with Crippen molar-refractivity contribution < 1.29 is 9.59 Å². The van der Waals surface area contributed by atoms with E-state index in [4.69, 9.17) is 5.26 Å². The summed E-state index contributed by atoms with van der Waals surface area (Å²) in [6.07, 6.45) is 0. The second-order valence-electron chi connectivity index (χ2n) is 7.00. The summed E-state index contributed by atoms with van der Waals surface area (Å²) in [4.78, 5) is 25.4. The quantitative estimate of drug-likeness (QED) is 0.816. The van der Waals surface area contributed by atoms with Crippen molar-refractivity contribution in [2.45, 2.75) is 34.6 Å². The maximum absolute atomic E-state index is 12.8. The molecule has 0 unspecified atom stereocenters. The van der Waals surface area contributed by atoms with E-state index in [0.29, 0.717) is 11.3 Å². The molecule has 0 saturated carbocycles. The Morgan fingerprint density at radius 1 is 0.962 bits per heavy atom. The van der Waals surface area contributed by atoms with Crippen LogP contribution in [-0.2, 0) is 9.59 Å². The summed E-state index contributed by atoms with van der Waals surface area (Å²) < 4.78 is 0. The number of nitrogens with zero attached hydrogens (tertiary/aromatic N) is 1. The van der Waals surface area contributed by atoms with Crippen molar-refractivity contribution >= 4 is 23.2 Å². The molecule has 5 heteroatoms. The van der Waals surface area contributed by atoms with E-state index in [2.05, 4.69) is 10.6 Å². The summed E-state index contributed by atoms with van der Waals surface area (Å²) in [7, 11) is 0. The Labute approximate surface area is 154 Å². The van der Waals surface area contributed by atoms with Gasteiger partial charge in [0, 0.05) is 11.4 Å². The first-order chi connectivity index (χ1) is 12.1. The van der Waals surface area contributed by atoms with Crippen molar-refractivity contribution in [3.8, 4) is 6.07 Å². The van der Waals surface area contributed by atoms with E-state index >= 15 is 0 Å². The molecule has 0 aliphatic carbocycles. The van der Waals surface area contributed by atoms with Crippen molar-refractivity contribution in [1.29, 1.82) is 5.26 Å². The van der Waals surface area contributed by atoms with Crippen LogP contribution in [0.25, 0.3) is 0 Å². The van der Waals surface area contributed by atoms with E-state index < -0.39 is 11.3 Å². The van der Waals surface area contributed by atoms with Gasteiger partial charge in [0.15, 0.2) is 0 Å². The fraction of sp³-hybridized carbons (Fsp3) is 0.286. The largest absolute Gasteiger partial charge is 0.325 e. The molecule has 2 amide bonds. The highest BCUT2D eigenvalue weighted by atomic mass is 16.2. The minimum Gasteiger partial charge on any atom is -0.325 e. The second kappa shape index (κ2) is 7.40. The summed E-state index contributed by atoms with van der Waals surface area (Å²) in [5.74, 6) is -0.825. The lowest BCUT2D eigenvalue weighted by molar-refractivity contribution is -0.135. The number of aryl methyl sites for hydroxylation is 3. The molecule has 0 saturated heterocycles. The molecule has 5 nitrogen and oxygen atoms in total. The predicted octanol–water partition coefficient (Wildman–Crippen LogP) is 4.09. The van der Waals surface area contributed by atoms with Crippen molar-refractivity contribution in [3.05, 3.63) is 58.7 Å². The molecular formula is C21H23N3O2. The number of anilines is 2. The standard InChI is InChI=1S/C21H23N3O2/c1-13-9-14(2)18(15(3)10-13)24-20(26)21(4,5)19(25)23-17-8-6-7-16(11-17)12-22/h6-11H,1-5H3,(H,23,25)(H,24,26). The fourth-order valence-electron chi connectivity index (χ4n) is 2.70. The molecule has 2 rings (SSSR count). The molecule has 0 aliphatic heterocycles. The Morgan fingerprint density at radius 2 is 1.54 bits per heavy atom. The van der Waals surface area contributed by atoms with Gasteiger partial charge in [0.1, 0.15) is 5.41 Å². The number of amides is 2. The minimum atomic E-state index is -1.29. The van der Waals surface area contributed by atoms with Crippen molar-refractivity contribution in [3.63, 3.8) is 0 Å². The third-order valence-electron chi connectivity index (χ3n) is 4.30. The third kappa shape index (κ3) is 4.09. The van der Waals surface area contributed by atoms with Crippen LogP contribution in [0.15, 0.2) is 36.4 Å². The molecule has 0 fully saturated rings. The highest BCUT2D eigenvalue weighted by molar-refractivity contribution is 6.14. The molecular weight excluding hydrogens is 326 g/mol. The highest BCUT2D eigenvalue weighted by Crippen LogP contribution is 2.26. The molecule has 0 heterocycles. The van der Waals surface area contributed by atoms with Gasteiger partial charge in [0.05, 0.1) is 11.6 Å². The van der Waals surface area contributed by atoms with Gasteiger partial charge in [-0.2, -0.15) is 5.26 Å². The lowest BCUT2D eigenvalue weighted by Gasteiger charge is -2.24. The molecule has 0 atom stereocenters. The molecule has 0 bridgehead atoms. The van der Waals surface area contributed by atoms with E-state index in [1.807, 2.05) is 39.0 Å². The van der Waals surface area contributed by atoms with Crippen LogP contribution >= 0.6 is 0 Å². The van der Waals surface area contributed by atoms with Crippen molar-refractivity contribution in [2.24, 2.45) is 5.41 Å². The number of carbonyl (C=O) groups is 2. The van der Waals surface area contributed by atoms with Gasteiger partial charge in [-0.15, -0.1) is 0 Å². The van der Waals surface area contributed by atoms with Gasteiger partial charge in [-0.05, 0) is 63.9 Å². The van der Waals surface area contributed by atoms with Crippen molar-refractivity contribution in [2.75, 3.05) is 10.6 Å². The van der Waals surface area contributed by atoms with Gasteiger partial charge in [-0.3, -0.25) is 9.59 Å². The summed E-state index contributed by atoms with van der Waals surface area (Å²) in [5, 5.41) is 14.5. The number of rotatable bonds is 4. The second-order valence-corrected chi connectivity index (χ2v) is 7.00. The third-order valence-corrected chi connectivity index (χ3v) is 4.30. The summed E-state index contributed by atoms with van der Waals surface area (Å²) in [6.45, 7) is 9.00. The summed E-state index contributed by atoms with van der Waals surface area (Å²) in [6, 6.07) is 12.6. The Balaban J connectivity index is 2.19. The van der Waals surface area contributed by atoms with Crippen LogP contribution in [0.3, 0.4) is 0 Å². The van der Waals surface area contributed by atoms with Crippen LogP contribution in [0, 0.1) is 37.5 Å². The molecule has 0 radical (unpaired) electrons. The van der Waals surface area contributed by atoms with E-state index in [1.54, 1.807) is 38.1 Å². The van der Waals surface area contributed by atoms with E-state index in [1.165, 1.54) is 0 Å². The number of benzene rings is 2. The van der Waals surface area contributed by atoms with Gasteiger partial charge in [-0.25, -0.2) is 0 Å². The lowest BCUT2D eigenvalue weighted by atomic mass is 9.90. The SMILES string of the molecule is Cc1cc(C)c(NC(=O)C(C)(C)C(=O)Nc2cccc(C#N)c2)c(C)c1. The Morgan fingerprint density at radius 3 is 2.12 bits per heavy atom. The summed E-state index contributed by atoms with van der Waals surface area (Å²) in [5.41, 5.74) is 3.39. The Bertz CT molecular complexity index is 885. The first-order valence-electron chi connectivity index (χ1n) is 8.36. The maximum atomic E-state index is 12.8. The number of nitrogens with one attached hydrogen (secondary N) is 2. The van der Waals surface area contributed by atoms with E-state index in [0.717, 1.165) is 22.4 Å². The van der Waals surface area contributed by atoms with Gasteiger partial charge in [-0.1, -0.05) is 23.8 Å². The molecule has 2 aromatic rings. The topological polar surface area (TPSA) is 82.0 Å². The smallest absolute Gasteiger partial charge is 0.239 e. The Hall–Kier alpha value is -3.13. The van der Waals surface area contributed by atoms with E-state index in [-0.39, 0.29) is 5.91 Å². The van der Waals surface area contributed by atoms with Gasteiger partial charge >= 0.3 is 0 Å². The van der Waals surface area contributed by atoms with Crippen LogP contribution < -0.4 is 10.6 Å². The number of hydrogen-bond donors (Lipinski definition) is 2. The maximum Gasteiger partial charge on any atom is 0.239 e. The zero-order valence-corrected chi connectivity index (χ0v) is 15.7. The van der Waals surface area contributed by atoms with Crippen LogP contribution in [0.2, 0.25) is 0 Å². The molecule has 26 heavy (non-hydrogen) atoms. The molecule has 2 aromatic carbocycles. The molecule has 2 N–H and O–H groups in total. The highest BCUT2D eigenvalue weighted by Gasteiger charge is 2.36. The minimum absolute atomic E-state index is 0.388. The average molecular weight is 349 g/mol.